The van der Waals surface area contributed by atoms with E-state index in [0.29, 0.717) is 0 Å². The molecule has 0 aromatic carbocycles. The van der Waals surface area contributed by atoms with E-state index in [1.54, 1.807) is 0 Å². The Morgan fingerprint density at radius 1 is 1.50 bits per heavy atom. The van der Waals surface area contributed by atoms with Crippen molar-refractivity contribution in [1.82, 2.24) is 9.78 Å². The van der Waals surface area contributed by atoms with Crippen molar-refractivity contribution in [2.75, 3.05) is 5.33 Å². The molecule has 2 nitrogen and oxygen atoms in total. The van der Waals surface area contributed by atoms with Crippen LogP contribution in [0.4, 0.5) is 0 Å². The fraction of sp³-hybridized carbons (Fsp3) is 0.727. The number of aryl methyl sites for hydroxylation is 2. The first-order valence-electron chi connectivity index (χ1n) is 5.29. The van der Waals surface area contributed by atoms with E-state index in [1.165, 1.54) is 24.8 Å². The van der Waals surface area contributed by atoms with Gasteiger partial charge in [-0.2, -0.15) is 5.10 Å². The summed E-state index contributed by atoms with van der Waals surface area (Å²) >= 11 is 3.57. The molecular weight excluding hydrogens is 240 g/mol. The van der Waals surface area contributed by atoms with Crippen LogP contribution in [0, 0.1) is 5.92 Å². The first kappa shape index (κ1) is 11.8. The van der Waals surface area contributed by atoms with Crippen LogP contribution in [0.25, 0.3) is 0 Å². The molecule has 0 bridgehead atoms. The van der Waals surface area contributed by atoms with Crippen molar-refractivity contribution in [1.29, 1.82) is 0 Å². The molecule has 0 aliphatic carbocycles. The third-order valence-electron chi connectivity index (χ3n) is 2.51. The monoisotopic (exact) mass is 258 g/mol. The Kier molecular flexibility index (Phi) is 5.23. The van der Waals surface area contributed by atoms with Crippen molar-refractivity contribution in [3.63, 3.8) is 0 Å². The lowest BCUT2D eigenvalue weighted by atomic mass is 9.98. The van der Waals surface area contributed by atoms with Crippen LogP contribution < -0.4 is 0 Å². The first-order valence-corrected chi connectivity index (χ1v) is 6.42. The van der Waals surface area contributed by atoms with Gasteiger partial charge in [-0.1, -0.05) is 29.3 Å². The second kappa shape index (κ2) is 6.23. The molecular formula is C11H19BrN2. The average molecular weight is 259 g/mol. The molecule has 80 valence electrons. The normalized spacial score (nSPS) is 13.1. The molecule has 1 aromatic rings. The molecule has 14 heavy (non-hydrogen) atoms. The van der Waals surface area contributed by atoms with E-state index < -0.39 is 0 Å². The standard InChI is InChI=1S/C11H19BrN2/c1-3-4-10(7-12)5-6-11-8-13-14(2)9-11/h8-10H,3-7H2,1-2H3. The minimum absolute atomic E-state index is 0.820. The zero-order valence-electron chi connectivity index (χ0n) is 9.04. The fourth-order valence-corrected chi connectivity index (χ4v) is 2.33. The molecule has 0 amide bonds. The van der Waals surface area contributed by atoms with E-state index in [1.807, 2.05) is 17.9 Å². The number of rotatable bonds is 6. The van der Waals surface area contributed by atoms with Gasteiger partial charge in [0.15, 0.2) is 0 Å². The van der Waals surface area contributed by atoms with E-state index in [2.05, 4.69) is 34.1 Å². The lowest BCUT2D eigenvalue weighted by Crippen LogP contribution is -2.03. The predicted molar refractivity (Wildman–Crippen MR) is 63.7 cm³/mol. The van der Waals surface area contributed by atoms with E-state index in [0.717, 1.165) is 17.7 Å². The summed E-state index contributed by atoms with van der Waals surface area (Å²) in [5.74, 6) is 0.820. The van der Waals surface area contributed by atoms with Crippen LogP contribution in [0.3, 0.4) is 0 Å². The SMILES string of the molecule is CCCC(CBr)CCc1cnn(C)c1. The Labute approximate surface area is 94.8 Å². The third-order valence-corrected chi connectivity index (χ3v) is 3.43. The molecule has 0 fully saturated rings. The van der Waals surface area contributed by atoms with E-state index in [4.69, 9.17) is 0 Å². The average Bonchev–Trinajstić information content (AvgIpc) is 2.59. The molecule has 1 heterocycles. The molecule has 0 N–H and O–H groups in total. The molecule has 1 aromatic heterocycles. The predicted octanol–water partition coefficient (Wildman–Crippen LogP) is 3.16. The Hall–Kier alpha value is -0.310. The van der Waals surface area contributed by atoms with E-state index in [9.17, 15) is 0 Å². The van der Waals surface area contributed by atoms with E-state index >= 15 is 0 Å². The minimum Gasteiger partial charge on any atom is -0.276 e. The van der Waals surface area contributed by atoms with Gasteiger partial charge in [-0.25, -0.2) is 0 Å². The van der Waals surface area contributed by atoms with Crippen LogP contribution in [-0.4, -0.2) is 15.1 Å². The van der Waals surface area contributed by atoms with Gasteiger partial charge in [0.25, 0.3) is 0 Å². The third kappa shape index (κ3) is 3.82. The minimum atomic E-state index is 0.820. The number of hydrogen-bond donors (Lipinski definition) is 0. The second-order valence-corrected chi connectivity index (χ2v) is 4.52. The van der Waals surface area contributed by atoms with Crippen LogP contribution in [0.5, 0.6) is 0 Å². The molecule has 1 rings (SSSR count). The number of alkyl halides is 1. The van der Waals surface area contributed by atoms with Crippen LogP contribution in [0.2, 0.25) is 0 Å². The van der Waals surface area contributed by atoms with Gasteiger partial charge in [0.2, 0.25) is 0 Å². The van der Waals surface area contributed by atoms with Gasteiger partial charge in [-0.3, -0.25) is 4.68 Å². The number of aromatic nitrogens is 2. The zero-order valence-corrected chi connectivity index (χ0v) is 10.6. The molecule has 1 unspecified atom stereocenters. The van der Waals surface area contributed by atoms with Gasteiger partial charge < -0.3 is 0 Å². The van der Waals surface area contributed by atoms with Crippen molar-refractivity contribution in [2.24, 2.45) is 13.0 Å². The van der Waals surface area contributed by atoms with Gasteiger partial charge in [0.05, 0.1) is 6.20 Å². The summed E-state index contributed by atoms with van der Waals surface area (Å²) in [6.07, 6.45) is 9.11. The quantitative estimate of drug-likeness (QED) is 0.717. The summed E-state index contributed by atoms with van der Waals surface area (Å²) in [7, 11) is 1.97. The maximum Gasteiger partial charge on any atom is 0.0521 e. The van der Waals surface area contributed by atoms with Gasteiger partial charge >= 0.3 is 0 Å². The summed E-state index contributed by atoms with van der Waals surface area (Å²) in [6.45, 7) is 2.25. The van der Waals surface area contributed by atoms with Crippen molar-refractivity contribution in [3.8, 4) is 0 Å². The van der Waals surface area contributed by atoms with Gasteiger partial charge in [0.1, 0.15) is 0 Å². The van der Waals surface area contributed by atoms with E-state index in [-0.39, 0.29) is 0 Å². The number of halogens is 1. The second-order valence-electron chi connectivity index (χ2n) is 3.87. The van der Waals surface area contributed by atoms with Gasteiger partial charge in [-0.15, -0.1) is 0 Å². The van der Waals surface area contributed by atoms with Crippen LogP contribution in [0.15, 0.2) is 12.4 Å². The highest BCUT2D eigenvalue weighted by molar-refractivity contribution is 9.09. The van der Waals surface area contributed by atoms with Crippen LogP contribution in [0.1, 0.15) is 31.7 Å². The number of hydrogen-bond acceptors (Lipinski definition) is 1. The van der Waals surface area contributed by atoms with Gasteiger partial charge in [-0.05, 0) is 30.7 Å². The summed E-state index contributed by atoms with van der Waals surface area (Å²) in [4.78, 5) is 0. The Morgan fingerprint density at radius 3 is 2.79 bits per heavy atom. The smallest absolute Gasteiger partial charge is 0.0521 e. The zero-order chi connectivity index (χ0) is 10.4. The molecule has 0 spiro atoms. The summed E-state index contributed by atoms with van der Waals surface area (Å²) in [5.41, 5.74) is 1.36. The summed E-state index contributed by atoms with van der Waals surface area (Å²) in [6, 6.07) is 0. The molecule has 1 atom stereocenters. The van der Waals surface area contributed by atoms with Crippen molar-refractivity contribution in [3.05, 3.63) is 18.0 Å². The molecule has 3 heteroatoms. The highest BCUT2D eigenvalue weighted by Crippen LogP contribution is 2.16. The highest BCUT2D eigenvalue weighted by Gasteiger charge is 2.06. The molecule has 0 radical (unpaired) electrons. The molecule has 0 aliphatic heterocycles. The molecule has 0 saturated carbocycles. The Morgan fingerprint density at radius 2 is 2.29 bits per heavy atom. The van der Waals surface area contributed by atoms with Crippen LogP contribution in [-0.2, 0) is 13.5 Å². The van der Waals surface area contributed by atoms with Crippen LogP contribution >= 0.6 is 15.9 Å². The Balaban J connectivity index is 2.31. The summed E-state index contributed by atoms with van der Waals surface area (Å²) in [5, 5.41) is 5.30. The first-order chi connectivity index (χ1) is 6.76. The number of nitrogens with zero attached hydrogens (tertiary/aromatic N) is 2. The lowest BCUT2D eigenvalue weighted by Gasteiger charge is -2.11. The van der Waals surface area contributed by atoms with Crippen molar-refractivity contribution < 1.29 is 0 Å². The topological polar surface area (TPSA) is 17.8 Å². The van der Waals surface area contributed by atoms with Crippen molar-refractivity contribution >= 4 is 15.9 Å². The highest BCUT2D eigenvalue weighted by atomic mass is 79.9. The molecule has 0 saturated heterocycles. The van der Waals surface area contributed by atoms with Gasteiger partial charge in [0, 0.05) is 18.6 Å². The van der Waals surface area contributed by atoms with Crippen molar-refractivity contribution in [2.45, 2.75) is 32.6 Å². The summed E-state index contributed by atoms with van der Waals surface area (Å²) < 4.78 is 1.87. The lowest BCUT2D eigenvalue weighted by molar-refractivity contribution is 0.497. The largest absolute Gasteiger partial charge is 0.276 e. The maximum atomic E-state index is 4.17. The Bertz CT molecular complexity index is 258. The fourth-order valence-electron chi connectivity index (χ4n) is 1.68. The molecule has 0 aliphatic rings. The maximum absolute atomic E-state index is 4.17.